The van der Waals surface area contributed by atoms with Gasteiger partial charge in [0.05, 0.1) is 17.6 Å². The highest BCUT2D eigenvalue weighted by Gasteiger charge is 2.07. The van der Waals surface area contributed by atoms with Gasteiger partial charge in [0.15, 0.2) is 0 Å². The highest BCUT2D eigenvalue weighted by Crippen LogP contribution is 2.23. The Bertz CT molecular complexity index is 694. The standard InChI is InChI=1S/C15H13BrN4/c16-15-13(7-4-8-17-15)18-9-12-10-19-20-14(12)11-5-2-1-3-6-11/h1-8,10,18H,9H2,(H,19,20). The first-order valence-electron chi connectivity index (χ1n) is 6.26. The number of pyridine rings is 1. The third-order valence-electron chi connectivity index (χ3n) is 3.01. The van der Waals surface area contributed by atoms with E-state index >= 15 is 0 Å². The number of nitrogens with one attached hydrogen (secondary N) is 2. The topological polar surface area (TPSA) is 53.6 Å². The number of hydrogen-bond acceptors (Lipinski definition) is 3. The van der Waals surface area contributed by atoms with Gasteiger partial charge in [-0.3, -0.25) is 5.10 Å². The second kappa shape index (κ2) is 5.88. The molecule has 0 unspecified atom stereocenters. The Kier molecular flexibility index (Phi) is 3.78. The van der Waals surface area contributed by atoms with Gasteiger partial charge in [-0.2, -0.15) is 5.10 Å². The van der Waals surface area contributed by atoms with Crippen molar-refractivity contribution in [3.8, 4) is 11.3 Å². The van der Waals surface area contributed by atoms with E-state index < -0.39 is 0 Å². The molecule has 1 aromatic carbocycles. The van der Waals surface area contributed by atoms with Crippen molar-refractivity contribution in [1.82, 2.24) is 15.2 Å². The lowest BCUT2D eigenvalue weighted by Crippen LogP contribution is -2.01. The predicted octanol–water partition coefficient (Wildman–Crippen LogP) is 3.85. The van der Waals surface area contributed by atoms with Crippen LogP contribution < -0.4 is 5.32 Å². The van der Waals surface area contributed by atoms with Crippen LogP contribution >= 0.6 is 15.9 Å². The molecular formula is C15H13BrN4. The number of rotatable bonds is 4. The third kappa shape index (κ3) is 2.72. The summed E-state index contributed by atoms with van der Waals surface area (Å²) in [6, 6.07) is 14.1. The van der Waals surface area contributed by atoms with Crippen molar-refractivity contribution in [3.63, 3.8) is 0 Å². The molecule has 0 amide bonds. The largest absolute Gasteiger partial charge is 0.379 e. The first kappa shape index (κ1) is 12.9. The normalized spacial score (nSPS) is 10.4. The molecule has 2 aromatic heterocycles. The lowest BCUT2D eigenvalue weighted by atomic mass is 10.1. The minimum atomic E-state index is 0.686. The van der Waals surface area contributed by atoms with Crippen molar-refractivity contribution in [1.29, 1.82) is 0 Å². The van der Waals surface area contributed by atoms with Crippen LogP contribution in [0.3, 0.4) is 0 Å². The molecule has 0 aliphatic rings. The number of aromatic nitrogens is 3. The van der Waals surface area contributed by atoms with Gasteiger partial charge < -0.3 is 5.32 Å². The summed E-state index contributed by atoms with van der Waals surface area (Å²) in [6.07, 6.45) is 3.60. The molecule has 5 heteroatoms. The summed E-state index contributed by atoms with van der Waals surface area (Å²) >= 11 is 3.43. The number of hydrogen-bond donors (Lipinski definition) is 2. The van der Waals surface area contributed by atoms with Gasteiger partial charge in [-0.05, 0) is 33.6 Å². The van der Waals surface area contributed by atoms with E-state index in [2.05, 4.69) is 48.6 Å². The average Bonchev–Trinajstić information content (AvgIpc) is 2.96. The fourth-order valence-corrected chi connectivity index (χ4v) is 2.40. The molecule has 0 saturated heterocycles. The lowest BCUT2D eigenvalue weighted by Gasteiger charge is -2.08. The van der Waals surface area contributed by atoms with Crippen LogP contribution in [0.15, 0.2) is 59.5 Å². The van der Waals surface area contributed by atoms with Crippen molar-refractivity contribution in [2.75, 3.05) is 5.32 Å². The summed E-state index contributed by atoms with van der Waals surface area (Å²) < 4.78 is 0.810. The van der Waals surface area contributed by atoms with Crippen molar-refractivity contribution in [2.45, 2.75) is 6.54 Å². The molecular weight excluding hydrogens is 316 g/mol. The zero-order valence-electron chi connectivity index (χ0n) is 10.7. The Morgan fingerprint density at radius 2 is 1.95 bits per heavy atom. The van der Waals surface area contributed by atoms with E-state index in [9.17, 15) is 0 Å². The first-order valence-corrected chi connectivity index (χ1v) is 7.06. The van der Waals surface area contributed by atoms with Crippen molar-refractivity contribution in [2.24, 2.45) is 0 Å². The molecule has 2 heterocycles. The summed E-state index contributed by atoms with van der Waals surface area (Å²) in [7, 11) is 0. The zero-order chi connectivity index (χ0) is 13.8. The molecule has 0 bridgehead atoms. The van der Waals surface area contributed by atoms with Crippen LogP contribution in [0.25, 0.3) is 11.3 Å². The Morgan fingerprint density at radius 1 is 1.10 bits per heavy atom. The molecule has 100 valence electrons. The minimum absolute atomic E-state index is 0.686. The lowest BCUT2D eigenvalue weighted by molar-refractivity contribution is 1.10. The highest BCUT2D eigenvalue weighted by molar-refractivity contribution is 9.10. The van der Waals surface area contributed by atoms with E-state index in [4.69, 9.17) is 0 Å². The van der Waals surface area contributed by atoms with E-state index in [1.165, 1.54) is 0 Å². The van der Waals surface area contributed by atoms with Gasteiger partial charge in [-0.1, -0.05) is 30.3 Å². The molecule has 20 heavy (non-hydrogen) atoms. The Balaban J connectivity index is 1.80. The van der Waals surface area contributed by atoms with E-state index in [1.807, 2.05) is 36.5 Å². The Labute approximate surface area is 125 Å². The molecule has 4 nitrogen and oxygen atoms in total. The molecule has 0 radical (unpaired) electrons. The van der Waals surface area contributed by atoms with E-state index in [0.29, 0.717) is 6.54 Å². The van der Waals surface area contributed by atoms with E-state index in [-0.39, 0.29) is 0 Å². The number of benzene rings is 1. The fraction of sp³-hybridized carbons (Fsp3) is 0.0667. The maximum atomic E-state index is 4.19. The van der Waals surface area contributed by atoms with Crippen LogP contribution in [-0.4, -0.2) is 15.2 Å². The summed E-state index contributed by atoms with van der Waals surface area (Å²) in [6.45, 7) is 0.686. The van der Waals surface area contributed by atoms with Gasteiger partial charge in [0.1, 0.15) is 4.60 Å². The molecule has 2 N–H and O–H groups in total. The molecule has 0 aliphatic carbocycles. The molecule has 3 rings (SSSR count). The summed E-state index contributed by atoms with van der Waals surface area (Å²) in [5.74, 6) is 0. The molecule has 0 aliphatic heterocycles. The summed E-state index contributed by atoms with van der Waals surface area (Å²) in [5.41, 5.74) is 4.25. The molecule has 0 saturated carbocycles. The average molecular weight is 329 g/mol. The van der Waals surface area contributed by atoms with E-state index in [0.717, 1.165) is 27.1 Å². The van der Waals surface area contributed by atoms with Gasteiger partial charge in [0, 0.05) is 18.3 Å². The van der Waals surface area contributed by atoms with Crippen LogP contribution in [0.5, 0.6) is 0 Å². The van der Waals surface area contributed by atoms with Gasteiger partial charge in [-0.25, -0.2) is 4.98 Å². The second-order valence-corrected chi connectivity index (χ2v) is 5.08. The maximum Gasteiger partial charge on any atom is 0.129 e. The maximum absolute atomic E-state index is 4.19. The number of anilines is 1. The SMILES string of the molecule is Brc1ncccc1NCc1cn[nH]c1-c1ccccc1. The Morgan fingerprint density at radius 3 is 2.75 bits per heavy atom. The van der Waals surface area contributed by atoms with Crippen molar-refractivity contribution < 1.29 is 0 Å². The first-order chi connectivity index (χ1) is 9.84. The van der Waals surface area contributed by atoms with Gasteiger partial charge in [0.2, 0.25) is 0 Å². The number of nitrogens with zero attached hydrogens (tertiary/aromatic N) is 2. The van der Waals surface area contributed by atoms with Crippen molar-refractivity contribution >= 4 is 21.6 Å². The predicted molar refractivity (Wildman–Crippen MR) is 83.3 cm³/mol. The highest BCUT2D eigenvalue weighted by atomic mass is 79.9. The molecule has 0 atom stereocenters. The van der Waals surface area contributed by atoms with Crippen molar-refractivity contribution in [3.05, 3.63) is 65.0 Å². The van der Waals surface area contributed by atoms with Crippen LogP contribution in [0.4, 0.5) is 5.69 Å². The fourth-order valence-electron chi connectivity index (χ4n) is 2.01. The smallest absolute Gasteiger partial charge is 0.129 e. The molecule has 0 fully saturated rings. The number of halogens is 1. The quantitative estimate of drug-likeness (QED) is 0.715. The monoisotopic (exact) mass is 328 g/mol. The summed E-state index contributed by atoms with van der Waals surface area (Å²) in [4.78, 5) is 4.19. The summed E-state index contributed by atoms with van der Waals surface area (Å²) in [5, 5.41) is 10.6. The number of aromatic amines is 1. The van der Waals surface area contributed by atoms with Gasteiger partial charge >= 0.3 is 0 Å². The van der Waals surface area contributed by atoms with Crippen LogP contribution in [0.2, 0.25) is 0 Å². The van der Waals surface area contributed by atoms with Crippen LogP contribution in [-0.2, 0) is 6.54 Å². The molecule has 3 aromatic rings. The second-order valence-electron chi connectivity index (χ2n) is 4.33. The van der Waals surface area contributed by atoms with Gasteiger partial charge in [0.25, 0.3) is 0 Å². The zero-order valence-corrected chi connectivity index (χ0v) is 12.3. The van der Waals surface area contributed by atoms with Crippen LogP contribution in [0, 0.1) is 0 Å². The van der Waals surface area contributed by atoms with E-state index in [1.54, 1.807) is 6.20 Å². The Hall–Kier alpha value is -2.14. The van der Waals surface area contributed by atoms with Gasteiger partial charge in [-0.15, -0.1) is 0 Å². The minimum Gasteiger partial charge on any atom is -0.379 e. The number of H-pyrrole nitrogens is 1. The van der Waals surface area contributed by atoms with Crippen LogP contribution in [0.1, 0.15) is 5.56 Å². The molecule has 0 spiro atoms. The third-order valence-corrected chi connectivity index (χ3v) is 3.64.